The number of hydrogen-bond acceptors (Lipinski definition) is 2. The standard InChI is InChI=1S/C13H24N2O3/c1-9-6-10(2)8-15(7-9)13(18)14-11(3)4-5-12(16)17/h9-11H,4-8H2,1-3H3,(H,14,18)(H,16,17). The zero-order valence-corrected chi connectivity index (χ0v) is 11.5. The van der Waals surface area contributed by atoms with Crippen molar-refractivity contribution in [1.29, 1.82) is 0 Å². The molecule has 1 fully saturated rings. The van der Waals surface area contributed by atoms with Crippen LogP contribution in [0.1, 0.15) is 40.0 Å². The van der Waals surface area contributed by atoms with Crippen LogP contribution in [0.3, 0.4) is 0 Å². The van der Waals surface area contributed by atoms with E-state index in [1.165, 1.54) is 6.42 Å². The summed E-state index contributed by atoms with van der Waals surface area (Å²) >= 11 is 0. The Bertz CT molecular complexity index is 297. The van der Waals surface area contributed by atoms with E-state index in [9.17, 15) is 9.59 Å². The normalized spacial score (nSPS) is 25.6. The van der Waals surface area contributed by atoms with Crippen LogP contribution in [0.2, 0.25) is 0 Å². The third-order valence-corrected chi connectivity index (χ3v) is 3.32. The maximum absolute atomic E-state index is 12.0. The van der Waals surface area contributed by atoms with Gasteiger partial charge in [0, 0.05) is 25.6 Å². The van der Waals surface area contributed by atoms with Gasteiger partial charge in [-0.3, -0.25) is 4.79 Å². The summed E-state index contributed by atoms with van der Waals surface area (Å²) in [5, 5.41) is 11.5. The van der Waals surface area contributed by atoms with Gasteiger partial charge in [-0.15, -0.1) is 0 Å². The number of urea groups is 1. The van der Waals surface area contributed by atoms with E-state index in [0.29, 0.717) is 18.3 Å². The number of carboxylic acid groups (broad SMARTS) is 1. The molecule has 5 heteroatoms. The summed E-state index contributed by atoms with van der Waals surface area (Å²) in [6.45, 7) is 7.74. The number of likely N-dealkylation sites (tertiary alicyclic amines) is 1. The predicted octanol–water partition coefficient (Wildman–Crippen LogP) is 1.93. The van der Waals surface area contributed by atoms with E-state index in [1.807, 2.05) is 11.8 Å². The van der Waals surface area contributed by atoms with Crippen molar-refractivity contribution in [3.05, 3.63) is 0 Å². The van der Waals surface area contributed by atoms with E-state index in [1.54, 1.807) is 0 Å². The Hall–Kier alpha value is -1.26. The van der Waals surface area contributed by atoms with Gasteiger partial charge in [-0.2, -0.15) is 0 Å². The Kier molecular flexibility index (Phi) is 5.44. The molecule has 0 saturated carbocycles. The number of hydrogen-bond donors (Lipinski definition) is 2. The number of nitrogens with zero attached hydrogens (tertiary/aromatic N) is 1. The molecular weight excluding hydrogens is 232 g/mol. The summed E-state index contributed by atoms with van der Waals surface area (Å²) in [4.78, 5) is 24.3. The first-order valence-electron chi connectivity index (χ1n) is 6.65. The molecule has 0 aliphatic carbocycles. The topological polar surface area (TPSA) is 69.6 Å². The highest BCUT2D eigenvalue weighted by Crippen LogP contribution is 2.20. The average molecular weight is 256 g/mol. The van der Waals surface area contributed by atoms with Crippen molar-refractivity contribution >= 4 is 12.0 Å². The Balaban J connectivity index is 2.37. The summed E-state index contributed by atoms with van der Waals surface area (Å²) in [6, 6.07) is -0.160. The number of rotatable bonds is 4. The summed E-state index contributed by atoms with van der Waals surface area (Å²) in [6.07, 6.45) is 1.73. The van der Waals surface area contributed by atoms with Gasteiger partial charge in [-0.25, -0.2) is 4.79 Å². The predicted molar refractivity (Wildman–Crippen MR) is 69.4 cm³/mol. The Morgan fingerprint density at radius 1 is 1.33 bits per heavy atom. The molecule has 0 aromatic rings. The van der Waals surface area contributed by atoms with Gasteiger partial charge in [0.2, 0.25) is 0 Å². The van der Waals surface area contributed by atoms with Gasteiger partial charge in [0.25, 0.3) is 0 Å². The minimum Gasteiger partial charge on any atom is -0.481 e. The quantitative estimate of drug-likeness (QED) is 0.807. The monoisotopic (exact) mass is 256 g/mol. The van der Waals surface area contributed by atoms with Crippen LogP contribution >= 0.6 is 0 Å². The molecule has 3 atom stereocenters. The van der Waals surface area contributed by atoms with Gasteiger partial charge in [-0.05, 0) is 31.6 Å². The molecular formula is C13H24N2O3. The Labute approximate surface area is 109 Å². The van der Waals surface area contributed by atoms with Crippen molar-refractivity contribution in [2.24, 2.45) is 11.8 Å². The van der Waals surface area contributed by atoms with E-state index < -0.39 is 5.97 Å². The lowest BCUT2D eigenvalue weighted by atomic mass is 9.92. The van der Waals surface area contributed by atoms with Crippen LogP contribution in [0, 0.1) is 11.8 Å². The Morgan fingerprint density at radius 3 is 2.39 bits per heavy atom. The molecule has 3 unspecified atom stereocenters. The molecule has 1 aliphatic rings. The summed E-state index contributed by atoms with van der Waals surface area (Å²) < 4.78 is 0. The number of carboxylic acids is 1. The van der Waals surface area contributed by atoms with Crippen LogP contribution < -0.4 is 5.32 Å². The zero-order valence-electron chi connectivity index (χ0n) is 11.5. The van der Waals surface area contributed by atoms with Gasteiger partial charge < -0.3 is 15.3 Å². The molecule has 0 spiro atoms. The molecule has 0 radical (unpaired) electrons. The van der Waals surface area contributed by atoms with Crippen LogP contribution in [0.15, 0.2) is 0 Å². The second-order valence-electron chi connectivity index (χ2n) is 5.63. The van der Waals surface area contributed by atoms with E-state index in [0.717, 1.165) is 13.1 Å². The fraction of sp³-hybridized carbons (Fsp3) is 0.846. The molecule has 1 rings (SSSR count). The van der Waals surface area contributed by atoms with Crippen LogP contribution in [0.25, 0.3) is 0 Å². The Morgan fingerprint density at radius 2 is 1.89 bits per heavy atom. The number of aliphatic carboxylic acids is 1. The van der Waals surface area contributed by atoms with Gasteiger partial charge in [-0.1, -0.05) is 13.8 Å². The molecule has 0 bridgehead atoms. The molecule has 0 aromatic carbocycles. The number of amides is 2. The van der Waals surface area contributed by atoms with Crippen molar-refractivity contribution in [3.8, 4) is 0 Å². The highest BCUT2D eigenvalue weighted by molar-refractivity contribution is 5.74. The fourth-order valence-electron chi connectivity index (χ4n) is 2.54. The third-order valence-electron chi connectivity index (χ3n) is 3.32. The minimum atomic E-state index is -0.823. The highest BCUT2D eigenvalue weighted by Gasteiger charge is 2.25. The van der Waals surface area contributed by atoms with Crippen molar-refractivity contribution < 1.29 is 14.7 Å². The highest BCUT2D eigenvalue weighted by atomic mass is 16.4. The lowest BCUT2D eigenvalue weighted by Gasteiger charge is -2.35. The first-order valence-corrected chi connectivity index (χ1v) is 6.65. The van der Waals surface area contributed by atoms with E-state index in [2.05, 4.69) is 19.2 Å². The van der Waals surface area contributed by atoms with Crippen LogP contribution in [0.5, 0.6) is 0 Å². The number of piperidine rings is 1. The number of carbonyl (C=O) groups excluding carboxylic acids is 1. The van der Waals surface area contributed by atoms with Gasteiger partial charge in [0.1, 0.15) is 0 Å². The number of nitrogens with one attached hydrogen (secondary N) is 1. The van der Waals surface area contributed by atoms with Gasteiger partial charge in [0.05, 0.1) is 0 Å². The second-order valence-corrected chi connectivity index (χ2v) is 5.63. The molecule has 1 heterocycles. The molecule has 1 saturated heterocycles. The molecule has 0 aromatic heterocycles. The second kappa shape index (κ2) is 6.61. The molecule has 5 nitrogen and oxygen atoms in total. The third kappa shape index (κ3) is 4.94. The van der Waals surface area contributed by atoms with Gasteiger partial charge >= 0.3 is 12.0 Å². The van der Waals surface area contributed by atoms with E-state index in [-0.39, 0.29) is 18.5 Å². The first kappa shape index (κ1) is 14.8. The van der Waals surface area contributed by atoms with Gasteiger partial charge in [0.15, 0.2) is 0 Å². The van der Waals surface area contributed by atoms with Crippen molar-refractivity contribution in [3.63, 3.8) is 0 Å². The largest absolute Gasteiger partial charge is 0.481 e. The molecule has 2 N–H and O–H groups in total. The summed E-state index contributed by atoms with van der Waals surface area (Å²) in [5.74, 6) is 0.249. The molecule has 18 heavy (non-hydrogen) atoms. The SMILES string of the molecule is CC1CC(C)CN(C(=O)NC(C)CCC(=O)O)C1. The van der Waals surface area contributed by atoms with Crippen molar-refractivity contribution in [1.82, 2.24) is 10.2 Å². The van der Waals surface area contributed by atoms with Crippen LogP contribution in [-0.4, -0.2) is 41.1 Å². The lowest BCUT2D eigenvalue weighted by Crippen LogP contribution is -2.49. The maximum atomic E-state index is 12.0. The zero-order chi connectivity index (χ0) is 13.7. The average Bonchev–Trinajstić information content (AvgIpc) is 2.25. The van der Waals surface area contributed by atoms with Crippen LogP contribution in [0.4, 0.5) is 4.79 Å². The minimum absolute atomic E-state index is 0.0636. The smallest absolute Gasteiger partial charge is 0.317 e. The molecule has 104 valence electrons. The first-order chi connectivity index (χ1) is 8.38. The summed E-state index contributed by atoms with van der Waals surface area (Å²) in [7, 11) is 0. The molecule has 1 aliphatic heterocycles. The summed E-state index contributed by atoms with van der Waals surface area (Å²) in [5.41, 5.74) is 0. The fourth-order valence-corrected chi connectivity index (χ4v) is 2.54. The van der Waals surface area contributed by atoms with E-state index >= 15 is 0 Å². The van der Waals surface area contributed by atoms with Crippen molar-refractivity contribution in [2.75, 3.05) is 13.1 Å². The molecule has 2 amide bonds. The maximum Gasteiger partial charge on any atom is 0.317 e. The lowest BCUT2D eigenvalue weighted by molar-refractivity contribution is -0.137. The van der Waals surface area contributed by atoms with Crippen molar-refractivity contribution in [2.45, 2.75) is 46.1 Å². The van der Waals surface area contributed by atoms with E-state index in [4.69, 9.17) is 5.11 Å². The number of carbonyl (C=O) groups is 2. The van der Waals surface area contributed by atoms with Crippen LogP contribution in [-0.2, 0) is 4.79 Å².